The van der Waals surface area contributed by atoms with E-state index in [4.69, 9.17) is 14.2 Å². The Morgan fingerprint density at radius 1 is 1.24 bits per heavy atom. The van der Waals surface area contributed by atoms with Crippen molar-refractivity contribution in [2.24, 2.45) is 23.2 Å². The van der Waals surface area contributed by atoms with Gasteiger partial charge in [0.25, 0.3) is 0 Å². The maximum absolute atomic E-state index is 13.0. The Hall–Kier alpha value is -2.05. The van der Waals surface area contributed by atoms with Gasteiger partial charge in [0.1, 0.15) is 6.10 Å². The number of carbonyl (C=O) groups is 1. The lowest BCUT2D eigenvalue weighted by Crippen LogP contribution is -2.41. The molecule has 4 rings (SSSR count). The molecule has 33 heavy (non-hydrogen) atoms. The fraction of sp³-hybridized carbons (Fsp3) is 0.667. The van der Waals surface area contributed by atoms with Crippen molar-refractivity contribution in [1.29, 1.82) is 0 Å². The molecule has 1 N–H and O–H groups in total. The third-order valence-electron chi connectivity index (χ3n) is 8.02. The fourth-order valence-corrected chi connectivity index (χ4v) is 6.30. The average molecular weight is 458 g/mol. The Bertz CT molecular complexity index is 883. The molecule has 6 heteroatoms. The Morgan fingerprint density at radius 2 is 2.03 bits per heavy atom. The van der Waals surface area contributed by atoms with Crippen molar-refractivity contribution in [2.45, 2.75) is 58.6 Å². The number of methoxy groups -OCH3 is 2. The molecule has 2 fully saturated rings. The molecule has 0 unspecified atom stereocenters. The van der Waals surface area contributed by atoms with Gasteiger partial charge in [-0.25, -0.2) is 0 Å². The molecule has 0 aromatic heterocycles. The number of rotatable bonds is 9. The molecule has 6 nitrogen and oxygen atoms in total. The van der Waals surface area contributed by atoms with Crippen molar-refractivity contribution >= 4 is 5.97 Å². The van der Waals surface area contributed by atoms with Crippen LogP contribution in [0, 0.1) is 23.2 Å². The van der Waals surface area contributed by atoms with Gasteiger partial charge in [-0.1, -0.05) is 38.0 Å². The van der Waals surface area contributed by atoms with Gasteiger partial charge in [0, 0.05) is 32.2 Å². The Labute approximate surface area is 197 Å². The van der Waals surface area contributed by atoms with Crippen LogP contribution >= 0.6 is 0 Å². The van der Waals surface area contributed by atoms with Crippen LogP contribution in [-0.4, -0.2) is 56.0 Å². The zero-order chi connectivity index (χ0) is 23.6. The highest BCUT2D eigenvalue weighted by atomic mass is 16.6. The van der Waals surface area contributed by atoms with E-state index in [0.29, 0.717) is 36.9 Å². The minimum Gasteiger partial charge on any atom is -0.493 e. The number of allylic oxidation sites excluding steroid dienone is 1. The van der Waals surface area contributed by atoms with E-state index in [2.05, 4.69) is 24.8 Å². The van der Waals surface area contributed by atoms with E-state index < -0.39 is 0 Å². The van der Waals surface area contributed by atoms with Crippen LogP contribution in [0.2, 0.25) is 0 Å². The lowest BCUT2D eigenvalue weighted by Gasteiger charge is -2.46. The molecule has 5 atom stereocenters. The Morgan fingerprint density at radius 3 is 2.76 bits per heavy atom. The van der Waals surface area contributed by atoms with Crippen LogP contribution in [0.4, 0.5) is 0 Å². The molecule has 1 aromatic rings. The van der Waals surface area contributed by atoms with Gasteiger partial charge >= 0.3 is 5.97 Å². The number of esters is 1. The van der Waals surface area contributed by atoms with Crippen molar-refractivity contribution in [2.75, 3.05) is 33.9 Å². The summed E-state index contributed by atoms with van der Waals surface area (Å²) in [5.41, 5.74) is 2.80. The summed E-state index contributed by atoms with van der Waals surface area (Å²) in [6.07, 6.45) is 7.69. The number of ether oxygens (including phenoxy) is 3. The zero-order valence-corrected chi connectivity index (χ0v) is 20.5. The van der Waals surface area contributed by atoms with Gasteiger partial charge in [-0.3, -0.25) is 9.69 Å². The van der Waals surface area contributed by atoms with E-state index in [1.165, 1.54) is 19.3 Å². The molecular formula is C27H39NO5. The molecule has 1 saturated heterocycles. The van der Waals surface area contributed by atoms with Gasteiger partial charge in [0.2, 0.25) is 0 Å². The van der Waals surface area contributed by atoms with Crippen molar-refractivity contribution in [3.8, 4) is 11.5 Å². The number of hydrogen-bond donors (Lipinski definition) is 1. The van der Waals surface area contributed by atoms with E-state index in [9.17, 15) is 9.90 Å². The van der Waals surface area contributed by atoms with Gasteiger partial charge in [-0.15, -0.1) is 0 Å². The minimum atomic E-state index is -0.167. The largest absolute Gasteiger partial charge is 0.493 e. The quantitative estimate of drug-likeness (QED) is 0.443. The molecule has 3 aliphatic rings. The third kappa shape index (κ3) is 4.92. The van der Waals surface area contributed by atoms with Crippen LogP contribution < -0.4 is 9.47 Å². The lowest BCUT2D eigenvalue weighted by molar-refractivity contribution is -0.145. The topological polar surface area (TPSA) is 68.2 Å². The minimum absolute atomic E-state index is 0.0117. The van der Waals surface area contributed by atoms with Gasteiger partial charge in [0.05, 0.1) is 20.1 Å². The molecule has 1 aromatic carbocycles. The first kappa shape index (κ1) is 24.1. The molecule has 0 bridgehead atoms. The SMILES string of the molecule is COc1ccc(CN(CCCO)C[C@H]2C(=O)O[C@@H]3C[C@@]4(C)CCC[C@H](C)C4=C[C@H]32)cc1OC. The maximum atomic E-state index is 13.0. The van der Waals surface area contributed by atoms with Crippen LogP contribution in [0.25, 0.3) is 0 Å². The second-order valence-corrected chi connectivity index (χ2v) is 10.3. The highest BCUT2D eigenvalue weighted by Gasteiger charge is 2.51. The Kier molecular flexibility index (Phi) is 7.34. The van der Waals surface area contributed by atoms with Gasteiger partial charge in [-0.2, -0.15) is 0 Å². The predicted molar refractivity (Wildman–Crippen MR) is 127 cm³/mol. The molecule has 1 saturated carbocycles. The first-order chi connectivity index (χ1) is 15.9. The first-order valence-electron chi connectivity index (χ1n) is 12.4. The summed E-state index contributed by atoms with van der Waals surface area (Å²) in [6, 6.07) is 5.92. The van der Waals surface area contributed by atoms with Crippen molar-refractivity contribution in [3.63, 3.8) is 0 Å². The summed E-state index contributed by atoms with van der Waals surface area (Å²) < 4.78 is 16.8. The number of carbonyl (C=O) groups excluding carboxylic acids is 1. The summed E-state index contributed by atoms with van der Waals surface area (Å²) in [5, 5.41) is 9.45. The van der Waals surface area contributed by atoms with E-state index in [1.807, 2.05) is 18.2 Å². The van der Waals surface area contributed by atoms with Crippen molar-refractivity contribution < 1.29 is 24.1 Å². The normalized spacial score (nSPS) is 31.0. The summed E-state index contributed by atoms with van der Waals surface area (Å²) in [7, 11) is 3.26. The molecule has 182 valence electrons. The first-order valence-corrected chi connectivity index (χ1v) is 12.4. The third-order valence-corrected chi connectivity index (χ3v) is 8.02. The summed E-state index contributed by atoms with van der Waals surface area (Å²) >= 11 is 0. The van der Waals surface area contributed by atoms with Crippen LogP contribution in [0.3, 0.4) is 0 Å². The zero-order valence-electron chi connectivity index (χ0n) is 20.5. The van der Waals surface area contributed by atoms with E-state index in [1.54, 1.807) is 19.8 Å². The van der Waals surface area contributed by atoms with E-state index in [0.717, 1.165) is 18.5 Å². The van der Waals surface area contributed by atoms with Crippen LogP contribution in [-0.2, 0) is 16.1 Å². The van der Waals surface area contributed by atoms with E-state index >= 15 is 0 Å². The molecule has 0 radical (unpaired) electrons. The molecule has 1 heterocycles. The van der Waals surface area contributed by atoms with Crippen molar-refractivity contribution in [3.05, 3.63) is 35.4 Å². The molecule has 1 aliphatic heterocycles. The number of benzene rings is 1. The summed E-state index contributed by atoms with van der Waals surface area (Å²) in [5.74, 6) is 1.88. The molecule has 2 aliphatic carbocycles. The van der Waals surface area contributed by atoms with Gasteiger partial charge in [0.15, 0.2) is 11.5 Å². The van der Waals surface area contributed by atoms with Crippen LogP contribution in [0.1, 0.15) is 51.5 Å². The number of aliphatic hydroxyl groups is 1. The second-order valence-electron chi connectivity index (χ2n) is 10.3. The summed E-state index contributed by atoms with van der Waals surface area (Å²) in [4.78, 5) is 15.3. The number of fused-ring (bicyclic) bond motifs is 2. The number of nitrogens with zero attached hydrogens (tertiary/aromatic N) is 1. The van der Waals surface area contributed by atoms with Crippen LogP contribution in [0.5, 0.6) is 11.5 Å². The molecule has 0 spiro atoms. The van der Waals surface area contributed by atoms with Gasteiger partial charge in [-0.05, 0) is 54.7 Å². The standard InChI is InChI=1S/C27H39NO5/c1-18-7-5-10-27(2)15-25-20(14-22(18)27)21(26(30)33-25)17-28(11-6-12-29)16-19-8-9-23(31-3)24(13-19)32-4/h8-9,13-14,18,20-21,25,29H,5-7,10-12,15-17H2,1-4H3/t18-,20-,21+,25+,27+/m0/s1. The maximum Gasteiger partial charge on any atom is 0.311 e. The molecular weight excluding hydrogens is 418 g/mol. The highest BCUT2D eigenvalue weighted by Crippen LogP contribution is 2.54. The molecule has 0 amide bonds. The number of aliphatic hydroxyl groups excluding tert-OH is 1. The predicted octanol–water partition coefficient (Wildman–Crippen LogP) is 4.20. The smallest absolute Gasteiger partial charge is 0.311 e. The summed E-state index contributed by atoms with van der Waals surface area (Å²) in [6.45, 7) is 6.84. The Balaban J connectivity index is 1.54. The fourth-order valence-electron chi connectivity index (χ4n) is 6.30. The monoisotopic (exact) mass is 457 g/mol. The van der Waals surface area contributed by atoms with Crippen molar-refractivity contribution in [1.82, 2.24) is 4.90 Å². The van der Waals surface area contributed by atoms with Crippen LogP contribution in [0.15, 0.2) is 29.8 Å². The number of hydrogen-bond acceptors (Lipinski definition) is 6. The lowest BCUT2D eigenvalue weighted by atomic mass is 9.59. The van der Waals surface area contributed by atoms with Gasteiger partial charge < -0.3 is 19.3 Å². The highest BCUT2D eigenvalue weighted by molar-refractivity contribution is 5.76. The van der Waals surface area contributed by atoms with E-state index in [-0.39, 0.29) is 35.9 Å². The second kappa shape index (κ2) is 10.1. The average Bonchev–Trinajstić information content (AvgIpc) is 3.09.